The van der Waals surface area contributed by atoms with Crippen molar-refractivity contribution in [2.45, 2.75) is 39.3 Å². The third-order valence-electron chi connectivity index (χ3n) is 4.47. The van der Waals surface area contributed by atoms with Gasteiger partial charge in [0.05, 0.1) is 22.8 Å². The average molecular weight is 504 g/mol. The molecule has 5 nitrogen and oxygen atoms in total. The molecule has 0 fully saturated rings. The molecular formula is C23H25IN2O3. The van der Waals surface area contributed by atoms with E-state index < -0.39 is 5.91 Å². The summed E-state index contributed by atoms with van der Waals surface area (Å²) in [5, 5.41) is 12.4. The van der Waals surface area contributed by atoms with Crippen molar-refractivity contribution in [3.8, 4) is 17.6 Å². The number of hydrogen-bond donors (Lipinski definition) is 1. The lowest BCUT2D eigenvalue weighted by molar-refractivity contribution is -0.117. The second kappa shape index (κ2) is 10.9. The van der Waals surface area contributed by atoms with Gasteiger partial charge < -0.3 is 14.8 Å². The third-order valence-corrected chi connectivity index (χ3v) is 5.27. The van der Waals surface area contributed by atoms with Crippen LogP contribution in [0.4, 0.5) is 0 Å². The number of hydrogen-bond acceptors (Lipinski definition) is 4. The zero-order valence-corrected chi connectivity index (χ0v) is 19.2. The monoisotopic (exact) mass is 504 g/mol. The molecular weight excluding hydrogens is 479 g/mol. The highest BCUT2D eigenvalue weighted by Crippen LogP contribution is 2.35. The molecule has 2 aromatic carbocycles. The van der Waals surface area contributed by atoms with E-state index in [9.17, 15) is 10.1 Å². The molecule has 0 saturated carbocycles. The summed E-state index contributed by atoms with van der Waals surface area (Å²) < 4.78 is 12.3. The van der Waals surface area contributed by atoms with E-state index in [0.717, 1.165) is 15.6 Å². The molecule has 0 aromatic heterocycles. The Kier molecular flexibility index (Phi) is 8.52. The molecule has 2 rings (SSSR count). The van der Waals surface area contributed by atoms with E-state index in [4.69, 9.17) is 9.47 Å². The van der Waals surface area contributed by atoms with E-state index in [1.165, 1.54) is 0 Å². The summed E-state index contributed by atoms with van der Waals surface area (Å²) in [4.78, 5) is 12.6. The van der Waals surface area contributed by atoms with Gasteiger partial charge in [0, 0.05) is 0 Å². The molecule has 152 valence electrons. The standard InChI is InChI=1S/C23H25IN2O3/c1-5-15(2)29-22-20(24)12-17(13-21(22)28-4)11-19(14-25)23(27)26-16(3)18-9-7-6-8-10-18/h6-13,15-16H,5H2,1-4H3,(H,26,27)/b19-11-/t15-,16-/m0/s1. The van der Waals surface area contributed by atoms with E-state index in [2.05, 4.69) is 34.8 Å². The predicted octanol–water partition coefficient (Wildman–Crippen LogP) is 5.26. The van der Waals surface area contributed by atoms with E-state index >= 15 is 0 Å². The van der Waals surface area contributed by atoms with Crippen molar-refractivity contribution in [3.63, 3.8) is 0 Å². The van der Waals surface area contributed by atoms with Crippen LogP contribution < -0.4 is 14.8 Å². The molecule has 6 heteroatoms. The number of amides is 1. The van der Waals surface area contributed by atoms with Crippen molar-refractivity contribution in [2.75, 3.05) is 7.11 Å². The van der Waals surface area contributed by atoms with E-state index in [1.807, 2.05) is 56.3 Å². The van der Waals surface area contributed by atoms with Gasteiger partial charge in [-0.05, 0) is 72.2 Å². The number of methoxy groups -OCH3 is 1. The van der Waals surface area contributed by atoms with Gasteiger partial charge in [0.25, 0.3) is 5.91 Å². The Hall–Kier alpha value is -2.53. The summed E-state index contributed by atoms with van der Waals surface area (Å²) in [5.41, 5.74) is 1.70. The summed E-state index contributed by atoms with van der Waals surface area (Å²) in [6, 6.07) is 15.0. The van der Waals surface area contributed by atoms with Crippen LogP contribution in [0.5, 0.6) is 11.5 Å². The highest BCUT2D eigenvalue weighted by atomic mass is 127. The van der Waals surface area contributed by atoms with Crippen LogP contribution in [0.2, 0.25) is 0 Å². The number of nitrogens with one attached hydrogen (secondary N) is 1. The Morgan fingerprint density at radius 3 is 2.55 bits per heavy atom. The van der Waals surface area contributed by atoms with Gasteiger partial charge in [-0.15, -0.1) is 0 Å². The van der Waals surface area contributed by atoms with Crippen molar-refractivity contribution >= 4 is 34.6 Å². The average Bonchev–Trinajstić information content (AvgIpc) is 2.73. The van der Waals surface area contributed by atoms with Gasteiger partial charge in [0.15, 0.2) is 11.5 Å². The quantitative estimate of drug-likeness (QED) is 0.303. The van der Waals surface area contributed by atoms with Gasteiger partial charge in [-0.1, -0.05) is 37.3 Å². The smallest absolute Gasteiger partial charge is 0.262 e. The predicted molar refractivity (Wildman–Crippen MR) is 123 cm³/mol. The minimum absolute atomic E-state index is 0.0289. The van der Waals surface area contributed by atoms with Crippen LogP contribution in [-0.4, -0.2) is 19.1 Å². The molecule has 1 amide bonds. The second-order valence-corrected chi connectivity index (χ2v) is 7.81. The van der Waals surface area contributed by atoms with Crippen LogP contribution in [0, 0.1) is 14.9 Å². The molecule has 0 aliphatic heterocycles. The van der Waals surface area contributed by atoms with Gasteiger partial charge in [-0.3, -0.25) is 4.79 Å². The summed E-state index contributed by atoms with van der Waals surface area (Å²) in [5.74, 6) is 0.817. The van der Waals surface area contributed by atoms with Gasteiger partial charge >= 0.3 is 0 Å². The first kappa shape index (κ1) is 22.8. The Morgan fingerprint density at radius 1 is 1.28 bits per heavy atom. The maximum Gasteiger partial charge on any atom is 0.262 e. The topological polar surface area (TPSA) is 71.3 Å². The van der Waals surface area contributed by atoms with Gasteiger partial charge in [-0.25, -0.2) is 0 Å². The number of ether oxygens (including phenoxy) is 2. The molecule has 29 heavy (non-hydrogen) atoms. The van der Waals surface area contributed by atoms with Crippen LogP contribution >= 0.6 is 22.6 Å². The largest absolute Gasteiger partial charge is 0.493 e. The fraction of sp³-hybridized carbons (Fsp3) is 0.304. The fourth-order valence-electron chi connectivity index (χ4n) is 2.64. The molecule has 0 unspecified atom stereocenters. The molecule has 0 aliphatic rings. The van der Waals surface area contributed by atoms with Gasteiger partial charge in [0.1, 0.15) is 11.6 Å². The van der Waals surface area contributed by atoms with Crippen molar-refractivity contribution in [1.82, 2.24) is 5.32 Å². The molecule has 0 heterocycles. The fourth-order valence-corrected chi connectivity index (χ4v) is 3.39. The Balaban J connectivity index is 2.26. The van der Waals surface area contributed by atoms with Crippen LogP contribution in [-0.2, 0) is 4.79 Å². The molecule has 1 N–H and O–H groups in total. The van der Waals surface area contributed by atoms with Crippen molar-refractivity contribution in [2.24, 2.45) is 0 Å². The second-order valence-electron chi connectivity index (χ2n) is 6.65. The Morgan fingerprint density at radius 2 is 1.97 bits per heavy atom. The first-order chi connectivity index (χ1) is 13.9. The van der Waals surface area contributed by atoms with Crippen LogP contribution in [0.1, 0.15) is 44.4 Å². The maximum atomic E-state index is 12.6. The molecule has 0 radical (unpaired) electrons. The van der Waals surface area contributed by atoms with E-state index in [0.29, 0.717) is 17.1 Å². The molecule has 2 aromatic rings. The molecule has 0 aliphatic carbocycles. The lowest BCUT2D eigenvalue weighted by atomic mass is 10.1. The number of benzene rings is 2. The number of carbonyl (C=O) groups is 1. The van der Waals surface area contributed by atoms with E-state index in [1.54, 1.807) is 19.3 Å². The van der Waals surface area contributed by atoms with Crippen molar-refractivity contribution in [1.29, 1.82) is 5.26 Å². The summed E-state index contributed by atoms with van der Waals surface area (Å²) in [6.07, 6.45) is 2.49. The zero-order chi connectivity index (χ0) is 21.4. The highest BCUT2D eigenvalue weighted by molar-refractivity contribution is 14.1. The number of rotatable bonds is 8. The third kappa shape index (κ3) is 6.23. The van der Waals surface area contributed by atoms with Crippen LogP contribution in [0.25, 0.3) is 6.08 Å². The van der Waals surface area contributed by atoms with Crippen LogP contribution in [0.15, 0.2) is 48.0 Å². The molecule has 0 saturated heterocycles. The molecule has 2 atom stereocenters. The highest BCUT2D eigenvalue weighted by Gasteiger charge is 2.16. The summed E-state index contributed by atoms with van der Waals surface area (Å²) >= 11 is 2.17. The number of nitrogens with zero attached hydrogens (tertiary/aromatic N) is 1. The zero-order valence-electron chi connectivity index (χ0n) is 17.0. The van der Waals surface area contributed by atoms with Crippen molar-refractivity contribution in [3.05, 3.63) is 62.7 Å². The molecule has 0 spiro atoms. The summed E-state index contributed by atoms with van der Waals surface area (Å²) in [6.45, 7) is 5.93. The Bertz CT molecular complexity index is 920. The minimum atomic E-state index is -0.419. The molecule has 0 bridgehead atoms. The normalized spacial score (nSPS) is 13.2. The first-order valence-corrected chi connectivity index (χ1v) is 10.5. The van der Waals surface area contributed by atoms with Crippen LogP contribution in [0.3, 0.4) is 0 Å². The first-order valence-electron chi connectivity index (χ1n) is 9.41. The van der Waals surface area contributed by atoms with Gasteiger partial charge in [0.2, 0.25) is 0 Å². The minimum Gasteiger partial charge on any atom is -0.493 e. The number of halogens is 1. The lowest BCUT2D eigenvalue weighted by Crippen LogP contribution is -2.27. The van der Waals surface area contributed by atoms with E-state index in [-0.39, 0.29) is 17.7 Å². The van der Waals surface area contributed by atoms with Crippen molar-refractivity contribution < 1.29 is 14.3 Å². The SMILES string of the molecule is CC[C@H](C)Oc1c(I)cc(/C=C(/C#N)C(=O)N[C@@H](C)c2ccccc2)cc1OC. The summed E-state index contributed by atoms with van der Waals surface area (Å²) in [7, 11) is 1.57. The Labute approximate surface area is 185 Å². The lowest BCUT2D eigenvalue weighted by Gasteiger charge is -2.18. The number of carbonyl (C=O) groups excluding carboxylic acids is 1. The van der Waals surface area contributed by atoms with Gasteiger partial charge in [-0.2, -0.15) is 5.26 Å². The number of nitriles is 1. The maximum absolute atomic E-state index is 12.6.